The van der Waals surface area contributed by atoms with Gasteiger partial charge in [0.2, 0.25) is 0 Å². The van der Waals surface area contributed by atoms with E-state index < -0.39 is 25.1 Å². The van der Waals surface area contributed by atoms with E-state index >= 15 is 0 Å². The van der Waals surface area contributed by atoms with Crippen LogP contribution in [0.1, 0.15) is 21.5 Å². The molecule has 0 saturated carbocycles. The van der Waals surface area contributed by atoms with Crippen molar-refractivity contribution >= 4 is 50.5 Å². The number of likely N-dealkylation sites (N-methyl/N-ethyl adjacent to an activating group) is 1. The number of halogens is 4. The number of alkyl halides is 2. The van der Waals surface area contributed by atoms with E-state index in [0.717, 1.165) is 15.6 Å². The molecule has 0 aromatic heterocycles. The van der Waals surface area contributed by atoms with Gasteiger partial charge in [-0.1, -0.05) is 39.7 Å². The van der Waals surface area contributed by atoms with E-state index in [1.165, 1.54) is 12.1 Å². The quantitative estimate of drug-likeness (QED) is 0.197. The molecule has 0 aliphatic carbocycles. The molecular formula is C25H27BrClF2N5O2. The van der Waals surface area contributed by atoms with E-state index in [9.17, 15) is 13.6 Å². The number of amides is 1. The summed E-state index contributed by atoms with van der Waals surface area (Å²) in [5.41, 5.74) is 21.3. The number of ether oxygens (including phenoxy) is 1. The van der Waals surface area contributed by atoms with Crippen LogP contribution in [0.25, 0.3) is 0 Å². The second-order valence-electron chi connectivity index (χ2n) is 8.08. The third kappa shape index (κ3) is 7.07. The van der Waals surface area contributed by atoms with Crippen LogP contribution in [-0.4, -0.2) is 32.2 Å². The van der Waals surface area contributed by atoms with Crippen LogP contribution in [0.4, 0.5) is 25.8 Å². The van der Waals surface area contributed by atoms with Crippen molar-refractivity contribution in [1.29, 1.82) is 0 Å². The van der Waals surface area contributed by atoms with Crippen LogP contribution in [0.3, 0.4) is 0 Å². The predicted molar refractivity (Wildman–Crippen MR) is 144 cm³/mol. The molecule has 0 spiro atoms. The number of nitrogens with two attached hydrogens (primary N) is 3. The van der Waals surface area contributed by atoms with Crippen LogP contribution in [0, 0.1) is 0 Å². The number of hydrogen-bond acceptors (Lipinski definition) is 6. The second-order valence-corrected chi connectivity index (χ2v) is 9.41. The Bertz CT molecular complexity index is 1210. The summed E-state index contributed by atoms with van der Waals surface area (Å²) in [6.07, 6.45) is -2.95. The Labute approximate surface area is 221 Å². The highest BCUT2D eigenvalue weighted by atomic mass is 79.9. The largest absolute Gasteiger partial charge is 0.487 e. The second kappa shape index (κ2) is 12.4. The van der Waals surface area contributed by atoms with Crippen LogP contribution in [-0.2, 0) is 13.0 Å². The van der Waals surface area contributed by atoms with Crippen molar-refractivity contribution in [2.45, 2.75) is 25.6 Å². The van der Waals surface area contributed by atoms with Crippen LogP contribution in [0.2, 0.25) is 5.02 Å². The van der Waals surface area contributed by atoms with E-state index in [2.05, 4.69) is 21.2 Å². The molecule has 0 heterocycles. The zero-order valence-corrected chi connectivity index (χ0v) is 21.8. The van der Waals surface area contributed by atoms with E-state index in [1.807, 2.05) is 12.1 Å². The highest BCUT2D eigenvalue weighted by Crippen LogP contribution is 2.34. The van der Waals surface area contributed by atoms with Gasteiger partial charge >= 0.3 is 0 Å². The van der Waals surface area contributed by atoms with Crippen LogP contribution >= 0.6 is 27.5 Å². The molecule has 7 N–H and O–H groups in total. The Balaban J connectivity index is 1.89. The fourth-order valence-electron chi connectivity index (χ4n) is 3.52. The monoisotopic (exact) mass is 581 g/mol. The summed E-state index contributed by atoms with van der Waals surface area (Å²) in [5.74, 6) is -0.603. The molecule has 0 aliphatic heterocycles. The normalized spacial score (nSPS) is 11.9. The van der Waals surface area contributed by atoms with Crippen LogP contribution < -0.4 is 32.2 Å². The van der Waals surface area contributed by atoms with Gasteiger partial charge in [0.15, 0.2) is 0 Å². The number of benzene rings is 3. The molecule has 0 aliphatic rings. The van der Waals surface area contributed by atoms with Crippen molar-refractivity contribution in [3.05, 3.63) is 80.8 Å². The van der Waals surface area contributed by atoms with Crippen LogP contribution in [0.15, 0.2) is 59.1 Å². The Kier molecular flexibility index (Phi) is 9.49. The molecule has 1 amide bonds. The number of carbonyl (C=O) groups is 1. The van der Waals surface area contributed by atoms with Gasteiger partial charge in [0, 0.05) is 41.3 Å². The lowest BCUT2D eigenvalue weighted by Gasteiger charge is -2.29. The summed E-state index contributed by atoms with van der Waals surface area (Å²) in [6, 6.07) is 15.2. The molecule has 3 aromatic carbocycles. The summed E-state index contributed by atoms with van der Waals surface area (Å²) < 4.78 is 32.0. The average Bonchev–Trinajstić information content (AvgIpc) is 2.85. The lowest BCUT2D eigenvalue weighted by atomic mass is 10.0. The zero-order valence-electron chi connectivity index (χ0n) is 19.5. The van der Waals surface area contributed by atoms with Crippen molar-refractivity contribution in [3.8, 4) is 5.75 Å². The van der Waals surface area contributed by atoms with Gasteiger partial charge in [-0.3, -0.25) is 4.79 Å². The summed E-state index contributed by atoms with van der Waals surface area (Å²) in [6.45, 7) is -0.532. The van der Waals surface area contributed by atoms with Crippen molar-refractivity contribution < 1.29 is 18.3 Å². The van der Waals surface area contributed by atoms with E-state index in [-0.39, 0.29) is 17.0 Å². The van der Waals surface area contributed by atoms with Gasteiger partial charge in [0.05, 0.1) is 23.1 Å². The molecule has 36 heavy (non-hydrogen) atoms. The van der Waals surface area contributed by atoms with Gasteiger partial charge in [0.25, 0.3) is 12.3 Å². The minimum absolute atomic E-state index is 0.0143. The van der Waals surface area contributed by atoms with Crippen molar-refractivity contribution in [2.24, 2.45) is 11.5 Å². The molecule has 0 radical (unpaired) electrons. The highest BCUT2D eigenvalue weighted by Gasteiger charge is 2.22. The number of carbonyl (C=O) groups excluding carboxylic acids is 1. The lowest BCUT2D eigenvalue weighted by molar-refractivity contribution is 0.0803. The maximum atomic E-state index is 13.0. The van der Waals surface area contributed by atoms with Gasteiger partial charge in [-0.15, -0.1) is 0 Å². The molecule has 3 rings (SSSR count). The lowest BCUT2D eigenvalue weighted by Crippen LogP contribution is -2.41. The third-order valence-electron chi connectivity index (χ3n) is 5.49. The molecule has 11 heteroatoms. The minimum Gasteiger partial charge on any atom is -0.487 e. The first-order valence-electron chi connectivity index (χ1n) is 11.0. The zero-order chi connectivity index (χ0) is 26.4. The maximum absolute atomic E-state index is 13.0. The Morgan fingerprint density at radius 2 is 1.86 bits per heavy atom. The Morgan fingerprint density at radius 1 is 1.17 bits per heavy atom. The van der Waals surface area contributed by atoms with Gasteiger partial charge in [-0.05, 0) is 47.5 Å². The predicted octanol–water partition coefficient (Wildman–Crippen LogP) is 5.00. The molecule has 192 valence electrons. The van der Waals surface area contributed by atoms with Gasteiger partial charge < -0.3 is 32.2 Å². The molecule has 0 saturated heterocycles. The first kappa shape index (κ1) is 27.7. The van der Waals surface area contributed by atoms with Gasteiger partial charge in [-0.2, -0.15) is 0 Å². The topological polar surface area (TPSA) is 120 Å². The fourth-order valence-corrected chi connectivity index (χ4v) is 3.98. The number of rotatable bonds is 10. The van der Waals surface area contributed by atoms with Gasteiger partial charge in [0.1, 0.15) is 12.4 Å². The summed E-state index contributed by atoms with van der Waals surface area (Å²) in [7, 11) is 1.70. The molecule has 3 aromatic rings. The standard InChI is InChI=1S/C25H27BrClF2N5O2/c1-34(24(32)9-15-8-14(12-30)2-7-19(15)27)21-11-22(36-13-23(28)29)18(10-20(21)31)25(35)33-17-5-3-16(26)4-6-17/h2-8,10-11,23-24H,9,12-13,30-32H2,1H3,(H,33,35). The average molecular weight is 583 g/mol. The minimum atomic E-state index is -2.73. The SMILES string of the molecule is CN(c1cc(OCC(F)F)c(C(=O)Nc2ccc(Br)cc2)cc1N)C(N)Cc1cc(CN)ccc1Cl. The van der Waals surface area contributed by atoms with Crippen molar-refractivity contribution in [2.75, 3.05) is 29.6 Å². The number of nitrogens with one attached hydrogen (secondary N) is 1. The maximum Gasteiger partial charge on any atom is 0.272 e. The third-order valence-corrected chi connectivity index (χ3v) is 6.39. The van der Waals surface area contributed by atoms with Crippen molar-refractivity contribution in [1.82, 2.24) is 0 Å². The summed E-state index contributed by atoms with van der Waals surface area (Å²) in [5, 5.41) is 3.26. The van der Waals surface area contributed by atoms with E-state index in [1.54, 1.807) is 42.3 Å². The summed E-state index contributed by atoms with van der Waals surface area (Å²) >= 11 is 9.66. The van der Waals surface area contributed by atoms with Crippen molar-refractivity contribution in [3.63, 3.8) is 0 Å². The molecule has 1 unspecified atom stereocenters. The molecular weight excluding hydrogens is 556 g/mol. The van der Waals surface area contributed by atoms with Crippen LogP contribution in [0.5, 0.6) is 5.75 Å². The fraction of sp³-hybridized carbons (Fsp3) is 0.240. The molecule has 0 fully saturated rings. The first-order chi connectivity index (χ1) is 17.1. The Hall–Kier alpha value is -2.92. The number of nitrogen functional groups attached to an aromatic ring is 1. The van der Waals surface area contributed by atoms with Gasteiger partial charge in [-0.25, -0.2) is 8.78 Å². The smallest absolute Gasteiger partial charge is 0.272 e. The number of hydrogen-bond donors (Lipinski definition) is 4. The molecule has 0 bridgehead atoms. The molecule has 1 atom stereocenters. The van der Waals surface area contributed by atoms with E-state index in [0.29, 0.717) is 29.4 Å². The molecule has 7 nitrogen and oxygen atoms in total. The Morgan fingerprint density at radius 3 is 2.50 bits per heavy atom. The van der Waals surface area contributed by atoms with E-state index in [4.69, 9.17) is 33.5 Å². The first-order valence-corrected chi connectivity index (χ1v) is 12.1. The number of anilines is 3. The highest BCUT2D eigenvalue weighted by molar-refractivity contribution is 9.10. The summed E-state index contributed by atoms with van der Waals surface area (Å²) in [4.78, 5) is 14.6. The number of nitrogens with zero attached hydrogens (tertiary/aromatic N) is 1.